The number of fused-ring (bicyclic) bond motifs is 1. The first-order valence-electron chi connectivity index (χ1n) is 10.3. The van der Waals surface area contributed by atoms with Gasteiger partial charge in [0.1, 0.15) is 11.6 Å². The number of hydrogen-bond acceptors (Lipinski definition) is 6. The van der Waals surface area contributed by atoms with E-state index in [1.54, 1.807) is 0 Å². The molecule has 0 radical (unpaired) electrons. The van der Waals surface area contributed by atoms with Gasteiger partial charge in [-0.05, 0) is 69.5 Å². The van der Waals surface area contributed by atoms with Crippen molar-refractivity contribution in [3.05, 3.63) is 64.8 Å². The molecule has 0 bridgehead atoms. The van der Waals surface area contributed by atoms with Crippen molar-refractivity contribution in [3.63, 3.8) is 0 Å². The molecular formula is C24H26N4O2. The average molecular weight is 402 g/mol. The Hall–Kier alpha value is -3.41. The minimum Gasteiger partial charge on any atom is -0.494 e. The van der Waals surface area contributed by atoms with Crippen LogP contribution < -0.4 is 15.4 Å². The van der Waals surface area contributed by atoms with Crippen LogP contribution in [0.2, 0.25) is 0 Å². The minimum absolute atomic E-state index is 0.0936. The lowest BCUT2D eigenvalue weighted by molar-refractivity contribution is 0.0972. The van der Waals surface area contributed by atoms with E-state index < -0.39 is 0 Å². The van der Waals surface area contributed by atoms with E-state index in [2.05, 4.69) is 33.6 Å². The molecule has 2 aromatic carbocycles. The smallest absolute Gasteiger partial charge is 0.229 e. The Morgan fingerprint density at radius 1 is 1.00 bits per heavy atom. The predicted octanol–water partition coefficient (Wildman–Crippen LogP) is 5.50. The van der Waals surface area contributed by atoms with E-state index in [1.165, 1.54) is 5.56 Å². The number of aryl methyl sites for hydroxylation is 3. The molecule has 0 aliphatic heterocycles. The molecule has 0 unspecified atom stereocenters. The molecule has 0 fully saturated rings. The molecule has 0 amide bonds. The van der Waals surface area contributed by atoms with E-state index in [0.717, 1.165) is 41.2 Å². The van der Waals surface area contributed by atoms with Gasteiger partial charge in [0.25, 0.3) is 0 Å². The lowest BCUT2D eigenvalue weighted by Gasteiger charge is -2.20. The van der Waals surface area contributed by atoms with Crippen molar-refractivity contribution in [3.8, 4) is 5.75 Å². The molecule has 1 heterocycles. The zero-order valence-electron chi connectivity index (χ0n) is 17.6. The first-order valence-corrected chi connectivity index (χ1v) is 10.3. The highest BCUT2D eigenvalue weighted by Gasteiger charge is 2.25. The van der Waals surface area contributed by atoms with Crippen LogP contribution in [0.5, 0.6) is 5.75 Å². The van der Waals surface area contributed by atoms with Crippen LogP contribution in [0.25, 0.3) is 0 Å². The summed E-state index contributed by atoms with van der Waals surface area (Å²) >= 11 is 0. The summed E-state index contributed by atoms with van der Waals surface area (Å²) in [6, 6.07) is 13.8. The Kier molecular flexibility index (Phi) is 5.65. The second-order valence-electron chi connectivity index (χ2n) is 7.52. The van der Waals surface area contributed by atoms with Crippen molar-refractivity contribution in [2.24, 2.45) is 0 Å². The van der Waals surface area contributed by atoms with Crippen molar-refractivity contribution < 1.29 is 9.53 Å². The fourth-order valence-corrected chi connectivity index (χ4v) is 3.68. The fourth-order valence-electron chi connectivity index (χ4n) is 3.68. The van der Waals surface area contributed by atoms with E-state index in [0.29, 0.717) is 30.4 Å². The second kappa shape index (κ2) is 8.53. The molecule has 154 valence electrons. The monoisotopic (exact) mass is 402 g/mol. The van der Waals surface area contributed by atoms with Crippen LogP contribution in [0.4, 0.5) is 23.1 Å². The zero-order chi connectivity index (χ0) is 21.1. The van der Waals surface area contributed by atoms with Crippen molar-refractivity contribution >= 4 is 28.9 Å². The molecule has 0 saturated heterocycles. The number of carbonyl (C=O) groups excluding carboxylic acids is 1. The molecule has 0 saturated carbocycles. The highest BCUT2D eigenvalue weighted by Crippen LogP contribution is 2.31. The topological polar surface area (TPSA) is 76.1 Å². The summed E-state index contributed by atoms with van der Waals surface area (Å²) in [5, 5.41) is 6.64. The minimum atomic E-state index is 0.0936. The first-order chi connectivity index (χ1) is 14.5. The number of carbonyl (C=O) groups is 1. The van der Waals surface area contributed by atoms with Gasteiger partial charge in [-0.1, -0.05) is 17.7 Å². The molecule has 6 nitrogen and oxygen atoms in total. The molecule has 1 aliphatic carbocycles. The summed E-state index contributed by atoms with van der Waals surface area (Å²) in [4.78, 5) is 22.0. The van der Waals surface area contributed by atoms with E-state index in [1.807, 2.05) is 50.2 Å². The summed E-state index contributed by atoms with van der Waals surface area (Å²) < 4.78 is 5.50. The molecule has 1 aliphatic rings. The molecule has 1 aromatic heterocycles. The number of nitrogens with one attached hydrogen (secondary N) is 2. The summed E-state index contributed by atoms with van der Waals surface area (Å²) in [7, 11) is 0. The maximum Gasteiger partial charge on any atom is 0.229 e. The number of benzene rings is 2. The third-order valence-electron chi connectivity index (χ3n) is 5.14. The van der Waals surface area contributed by atoms with Crippen LogP contribution in [-0.2, 0) is 6.42 Å². The number of aromatic nitrogens is 2. The summed E-state index contributed by atoms with van der Waals surface area (Å²) in [5.41, 5.74) is 5.49. The Morgan fingerprint density at radius 3 is 2.53 bits per heavy atom. The van der Waals surface area contributed by atoms with Gasteiger partial charge < -0.3 is 15.4 Å². The largest absolute Gasteiger partial charge is 0.494 e. The van der Waals surface area contributed by atoms with Gasteiger partial charge in [0.15, 0.2) is 5.78 Å². The van der Waals surface area contributed by atoms with Crippen molar-refractivity contribution in [1.29, 1.82) is 0 Å². The molecule has 2 N–H and O–H groups in total. The zero-order valence-corrected chi connectivity index (χ0v) is 17.6. The molecular weight excluding hydrogens is 376 g/mol. The Bertz CT molecular complexity index is 1080. The van der Waals surface area contributed by atoms with Crippen LogP contribution in [0.15, 0.2) is 42.5 Å². The lowest BCUT2D eigenvalue weighted by atomic mass is 9.95. The van der Waals surface area contributed by atoms with E-state index in [4.69, 9.17) is 4.74 Å². The van der Waals surface area contributed by atoms with Gasteiger partial charge in [-0.2, -0.15) is 4.98 Å². The predicted molar refractivity (Wildman–Crippen MR) is 119 cm³/mol. The van der Waals surface area contributed by atoms with E-state index in [9.17, 15) is 4.79 Å². The molecule has 0 atom stereocenters. The fraction of sp³-hybridized carbons (Fsp3) is 0.292. The van der Waals surface area contributed by atoms with Crippen LogP contribution in [0.1, 0.15) is 46.9 Å². The quantitative estimate of drug-likeness (QED) is 0.567. The number of ketones is 1. The van der Waals surface area contributed by atoms with Crippen LogP contribution in [0, 0.1) is 13.8 Å². The Balaban J connectivity index is 1.68. The molecule has 30 heavy (non-hydrogen) atoms. The lowest BCUT2D eigenvalue weighted by Crippen LogP contribution is -2.18. The SMILES string of the molecule is CCOc1ccc(Nc2nc3c(c(Nc4ccc(C)cc4C)n2)C(=O)CCC3)cc1. The molecule has 0 spiro atoms. The maximum atomic E-state index is 12.6. The van der Waals surface area contributed by atoms with Gasteiger partial charge in [0.2, 0.25) is 5.95 Å². The van der Waals surface area contributed by atoms with Crippen LogP contribution >= 0.6 is 0 Å². The summed E-state index contributed by atoms with van der Waals surface area (Å²) in [6.45, 7) is 6.69. The third kappa shape index (κ3) is 4.27. The molecule has 3 aromatic rings. The second-order valence-corrected chi connectivity index (χ2v) is 7.52. The third-order valence-corrected chi connectivity index (χ3v) is 5.14. The number of Topliss-reactive ketones (excluding diaryl/α,β-unsaturated/α-hetero) is 1. The van der Waals surface area contributed by atoms with E-state index >= 15 is 0 Å². The van der Waals surface area contributed by atoms with E-state index in [-0.39, 0.29) is 5.78 Å². The summed E-state index contributed by atoms with van der Waals surface area (Å²) in [5.74, 6) is 1.94. The number of anilines is 4. The number of hydrogen-bond donors (Lipinski definition) is 2. The standard InChI is InChI=1S/C24H26N4O2/c1-4-30-18-11-9-17(10-12-18)25-24-27-20-6-5-7-21(29)22(20)23(28-24)26-19-13-8-15(2)14-16(19)3/h8-14H,4-7H2,1-3H3,(H2,25,26,27,28). The summed E-state index contributed by atoms with van der Waals surface area (Å²) in [6.07, 6.45) is 2.11. The molecule has 4 rings (SSSR count). The number of nitrogens with zero attached hydrogens (tertiary/aromatic N) is 2. The Labute approximate surface area is 176 Å². The number of ether oxygens (including phenoxy) is 1. The number of rotatable bonds is 6. The van der Waals surface area contributed by atoms with Crippen molar-refractivity contribution in [1.82, 2.24) is 9.97 Å². The molecule has 6 heteroatoms. The van der Waals surface area contributed by atoms with Crippen LogP contribution in [0.3, 0.4) is 0 Å². The normalized spacial score (nSPS) is 13.0. The van der Waals surface area contributed by atoms with Crippen molar-refractivity contribution in [2.75, 3.05) is 17.2 Å². The Morgan fingerprint density at radius 2 is 1.80 bits per heavy atom. The van der Waals surface area contributed by atoms with Gasteiger partial charge >= 0.3 is 0 Å². The van der Waals surface area contributed by atoms with Gasteiger partial charge in [-0.3, -0.25) is 4.79 Å². The highest BCUT2D eigenvalue weighted by molar-refractivity contribution is 6.03. The maximum absolute atomic E-state index is 12.6. The van der Waals surface area contributed by atoms with Gasteiger partial charge in [-0.25, -0.2) is 4.98 Å². The highest BCUT2D eigenvalue weighted by atomic mass is 16.5. The van der Waals surface area contributed by atoms with Crippen LogP contribution in [-0.4, -0.2) is 22.4 Å². The average Bonchev–Trinajstić information content (AvgIpc) is 2.72. The van der Waals surface area contributed by atoms with Crippen molar-refractivity contribution in [2.45, 2.75) is 40.0 Å². The van der Waals surface area contributed by atoms with Gasteiger partial charge in [0, 0.05) is 17.8 Å². The van der Waals surface area contributed by atoms with Gasteiger partial charge in [-0.15, -0.1) is 0 Å². The first kappa shape index (κ1) is 19.9. The van der Waals surface area contributed by atoms with Gasteiger partial charge in [0.05, 0.1) is 17.9 Å².